The molecular formula is C12H15GaO6. The molecule has 3 fully saturated rings. The fraction of sp³-hybridized carbons (Fsp3) is 0.750. The molecule has 0 aromatic carbocycles. The summed E-state index contributed by atoms with van der Waals surface area (Å²) < 4.78 is 15.4. The van der Waals surface area contributed by atoms with Crippen LogP contribution in [-0.4, -0.2) is 35.2 Å². The first-order valence-electron chi connectivity index (χ1n) is 6.75. The van der Waals surface area contributed by atoms with E-state index in [1.165, 1.54) is 0 Å². The molecule has 6 nitrogen and oxygen atoms in total. The van der Waals surface area contributed by atoms with Crippen LogP contribution in [0.5, 0.6) is 0 Å². The molecule has 0 amide bonds. The van der Waals surface area contributed by atoms with Crippen LogP contribution in [0.1, 0.15) is 38.5 Å². The Balaban J connectivity index is 1.53. The van der Waals surface area contributed by atoms with Gasteiger partial charge in [0.2, 0.25) is 0 Å². The van der Waals surface area contributed by atoms with Crippen molar-refractivity contribution in [1.29, 1.82) is 0 Å². The van der Waals surface area contributed by atoms with E-state index in [2.05, 4.69) is 0 Å². The normalized spacial score (nSPS) is 21.5. The van der Waals surface area contributed by atoms with Gasteiger partial charge in [-0.1, -0.05) is 0 Å². The maximum atomic E-state index is 11.6. The van der Waals surface area contributed by atoms with Gasteiger partial charge in [-0.3, -0.25) is 0 Å². The van der Waals surface area contributed by atoms with Gasteiger partial charge < -0.3 is 0 Å². The molecule has 0 heterocycles. The molecule has 0 N–H and O–H groups in total. The van der Waals surface area contributed by atoms with E-state index in [4.69, 9.17) is 10.6 Å². The third-order valence-corrected chi connectivity index (χ3v) is 6.04. The minimum atomic E-state index is -3.53. The molecule has 7 heteroatoms. The van der Waals surface area contributed by atoms with Gasteiger partial charge in [-0.15, -0.1) is 0 Å². The first-order chi connectivity index (χ1) is 9.13. The molecule has 0 spiro atoms. The first kappa shape index (κ1) is 13.0. The van der Waals surface area contributed by atoms with Crippen molar-refractivity contribution in [2.45, 2.75) is 38.5 Å². The number of hydrogen-bond donors (Lipinski definition) is 0. The van der Waals surface area contributed by atoms with Gasteiger partial charge in [0.05, 0.1) is 0 Å². The molecule has 0 bridgehead atoms. The van der Waals surface area contributed by atoms with E-state index < -0.39 is 17.3 Å². The summed E-state index contributed by atoms with van der Waals surface area (Å²) in [6.45, 7) is 0. The van der Waals surface area contributed by atoms with Crippen LogP contribution < -0.4 is 0 Å². The van der Waals surface area contributed by atoms with E-state index in [1.54, 1.807) is 0 Å². The predicted octanol–water partition coefficient (Wildman–Crippen LogP) is 0.831. The van der Waals surface area contributed by atoms with Gasteiger partial charge in [0, 0.05) is 0 Å². The Morgan fingerprint density at radius 2 is 0.895 bits per heavy atom. The van der Waals surface area contributed by atoms with Crippen LogP contribution in [0, 0.1) is 17.8 Å². The topological polar surface area (TPSA) is 78.9 Å². The van der Waals surface area contributed by atoms with Gasteiger partial charge in [-0.2, -0.15) is 0 Å². The second-order valence-corrected chi connectivity index (χ2v) is 8.12. The van der Waals surface area contributed by atoms with E-state index in [-0.39, 0.29) is 35.7 Å². The standard InChI is InChI=1S/3C4H6O2.Ga/c3*5-4(6)3-1-2-3;/h3*3H,1-2H2,(H,5,6);/q;;;+3/p-3. The Morgan fingerprint density at radius 3 is 1.11 bits per heavy atom. The molecule has 0 saturated heterocycles. The Morgan fingerprint density at radius 1 is 0.632 bits per heavy atom. The van der Waals surface area contributed by atoms with Gasteiger partial charge in [-0.05, 0) is 0 Å². The summed E-state index contributed by atoms with van der Waals surface area (Å²) in [6, 6.07) is 0. The van der Waals surface area contributed by atoms with E-state index in [9.17, 15) is 14.4 Å². The van der Waals surface area contributed by atoms with Crippen molar-refractivity contribution in [3.05, 3.63) is 0 Å². The second-order valence-electron chi connectivity index (χ2n) is 5.42. The quantitative estimate of drug-likeness (QED) is 0.673. The van der Waals surface area contributed by atoms with Crippen molar-refractivity contribution < 1.29 is 25.0 Å². The summed E-state index contributed by atoms with van der Waals surface area (Å²) in [5, 5.41) is 0. The van der Waals surface area contributed by atoms with Crippen molar-refractivity contribution in [2.75, 3.05) is 0 Å². The minimum absolute atomic E-state index is 0.0904. The number of carbonyl (C=O) groups excluding carboxylic acids is 3. The molecule has 0 radical (unpaired) electrons. The average molecular weight is 325 g/mol. The molecule has 3 rings (SSSR count). The SMILES string of the molecule is O=C([O][Ga]([O]C(=O)C1CC1)[O]C(=O)C1CC1)C1CC1. The van der Waals surface area contributed by atoms with Crippen molar-refractivity contribution in [2.24, 2.45) is 17.8 Å². The maximum absolute atomic E-state index is 11.6. The molecule has 19 heavy (non-hydrogen) atoms. The molecule has 0 atom stereocenters. The predicted molar refractivity (Wildman–Crippen MR) is 62.2 cm³/mol. The fourth-order valence-corrected chi connectivity index (χ4v) is 4.31. The summed E-state index contributed by atoms with van der Waals surface area (Å²) >= 11 is -3.53. The molecule has 0 unspecified atom stereocenters. The van der Waals surface area contributed by atoms with Crippen molar-refractivity contribution in [1.82, 2.24) is 0 Å². The average Bonchev–Trinajstić information content (AvgIpc) is 3.27. The van der Waals surface area contributed by atoms with E-state index >= 15 is 0 Å². The summed E-state index contributed by atoms with van der Waals surface area (Å²) in [4.78, 5) is 34.8. The van der Waals surface area contributed by atoms with E-state index in [0.717, 1.165) is 38.5 Å². The molecule has 3 saturated carbocycles. The molecular weight excluding hydrogens is 310 g/mol. The van der Waals surface area contributed by atoms with Crippen LogP contribution in [0.15, 0.2) is 0 Å². The second kappa shape index (κ2) is 5.20. The summed E-state index contributed by atoms with van der Waals surface area (Å²) in [5.74, 6) is -1.40. The van der Waals surface area contributed by atoms with Crippen LogP contribution in [-0.2, 0) is 25.0 Å². The van der Waals surface area contributed by atoms with Crippen LogP contribution >= 0.6 is 0 Å². The number of rotatable bonds is 6. The molecule has 0 aliphatic heterocycles. The molecule has 0 aromatic heterocycles. The number of hydrogen-bond acceptors (Lipinski definition) is 6. The van der Waals surface area contributed by atoms with Gasteiger partial charge in [0.25, 0.3) is 0 Å². The van der Waals surface area contributed by atoms with Crippen LogP contribution in [0.3, 0.4) is 0 Å². The van der Waals surface area contributed by atoms with Crippen LogP contribution in [0.4, 0.5) is 0 Å². The van der Waals surface area contributed by atoms with E-state index in [1.807, 2.05) is 0 Å². The van der Waals surface area contributed by atoms with Crippen LogP contribution in [0.2, 0.25) is 0 Å². The summed E-state index contributed by atoms with van der Waals surface area (Å²) in [6.07, 6.45) is 4.84. The molecule has 0 aromatic rings. The van der Waals surface area contributed by atoms with E-state index in [0.29, 0.717) is 0 Å². The Bertz CT molecular complexity index is 349. The van der Waals surface area contributed by atoms with Gasteiger partial charge in [-0.25, -0.2) is 0 Å². The number of carbonyl (C=O) groups is 3. The Labute approximate surface area is 117 Å². The molecule has 3 aliphatic carbocycles. The Hall–Kier alpha value is -0.954. The Kier molecular flexibility index (Phi) is 3.57. The zero-order valence-corrected chi connectivity index (χ0v) is 12.9. The third kappa shape index (κ3) is 3.76. The zero-order chi connectivity index (χ0) is 13.4. The molecule has 102 valence electrons. The summed E-state index contributed by atoms with van der Waals surface area (Å²) in [7, 11) is 0. The van der Waals surface area contributed by atoms with Crippen LogP contribution in [0.25, 0.3) is 0 Å². The van der Waals surface area contributed by atoms with Crippen molar-refractivity contribution in [3.8, 4) is 0 Å². The van der Waals surface area contributed by atoms with Gasteiger partial charge in [0.15, 0.2) is 0 Å². The first-order valence-corrected chi connectivity index (χ1v) is 9.71. The van der Waals surface area contributed by atoms with Gasteiger partial charge in [0.1, 0.15) is 0 Å². The van der Waals surface area contributed by atoms with Gasteiger partial charge >= 0.3 is 116 Å². The third-order valence-electron chi connectivity index (χ3n) is 3.37. The monoisotopic (exact) mass is 324 g/mol. The fourth-order valence-electron chi connectivity index (χ4n) is 1.60. The zero-order valence-electron chi connectivity index (χ0n) is 10.5. The summed E-state index contributed by atoms with van der Waals surface area (Å²) in [5.41, 5.74) is 0. The van der Waals surface area contributed by atoms with Crippen molar-refractivity contribution in [3.63, 3.8) is 0 Å². The van der Waals surface area contributed by atoms with Crippen molar-refractivity contribution >= 4 is 35.2 Å². The molecule has 3 aliphatic rings.